The molecular formula is C21H14O. The molecule has 0 unspecified atom stereocenters. The van der Waals surface area contributed by atoms with Gasteiger partial charge in [-0.3, -0.25) is 0 Å². The third kappa shape index (κ3) is 1.48. The standard InChI is InChI=1S/C21H14O/c1-2-8-16-14(6-1)15-7-3-4-9-17(15)21-18(16)11-12-20-19(21)10-5-13-22-20/h1-12H,13H2. The third-order valence-electron chi connectivity index (χ3n) is 4.53. The molecule has 0 saturated carbocycles. The summed E-state index contributed by atoms with van der Waals surface area (Å²) in [4.78, 5) is 0. The lowest BCUT2D eigenvalue weighted by Crippen LogP contribution is -2.00. The molecule has 1 nitrogen and oxygen atoms in total. The van der Waals surface area contributed by atoms with Gasteiger partial charge in [-0.15, -0.1) is 0 Å². The maximum Gasteiger partial charge on any atom is 0.127 e. The maximum atomic E-state index is 5.81. The number of hydrogen-bond acceptors (Lipinski definition) is 1. The SMILES string of the molecule is C1=Cc2c(ccc3c4ccccc4c4ccccc4c23)OC1. The average molecular weight is 282 g/mol. The third-order valence-corrected chi connectivity index (χ3v) is 4.53. The second-order valence-electron chi connectivity index (χ2n) is 5.70. The van der Waals surface area contributed by atoms with Gasteiger partial charge in [-0.25, -0.2) is 0 Å². The molecule has 0 amide bonds. The van der Waals surface area contributed by atoms with E-state index in [0.717, 1.165) is 5.75 Å². The lowest BCUT2D eigenvalue weighted by Gasteiger charge is -2.18. The minimum absolute atomic E-state index is 0.657. The molecule has 0 aromatic heterocycles. The summed E-state index contributed by atoms with van der Waals surface area (Å²) in [5, 5.41) is 7.80. The Kier molecular flexibility index (Phi) is 2.33. The van der Waals surface area contributed by atoms with Crippen molar-refractivity contribution in [3.63, 3.8) is 0 Å². The van der Waals surface area contributed by atoms with Gasteiger partial charge in [0.05, 0.1) is 0 Å². The zero-order chi connectivity index (χ0) is 14.5. The Labute approximate surface area is 128 Å². The zero-order valence-corrected chi connectivity index (χ0v) is 12.0. The van der Waals surface area contributed by atoms with Crippen LogP contribution in [-0.4, -0.2) is 6.61 Å². The van der Waals surface area contributed by atoms with Gasteiger partial charge >= 0.3 is 0 Å². The van der Waals surface area contributed by atoms with E-state index in [1.165, 1.54) is 37.9 Å². The van der Waals surface area contributed by atoms with Crippen LogP contribution in [0.2, 0.25) is 0 Å². The minimum Gasteiger partial charge on any atom is -0.489 e. The first-order valence-electron chi connectivity index (χ1n) is 7.59. The summed E-state index contributed by atoms with van der Waals surface area (Å²) in [6.07, 6.45) is 4.29. The predicted molar refractivity (Wildman–Crippen MR) is 93.5 cm³/mol. The fourth-order valence-corrected chi connectivity index (χ4v) is 3.60. The Bertz CT molecular complexity index is 1040. The van der Waals surface area contributed by atoms with Crippen molar-refractivity contribution in [2.24, 2.45) is 0 Å². The van der Waals surface area contributed by atoms with E-state index in [0.29, 0.717) is 6.61 Å². The van der Waals surface area contributed by atoms with Crippen molar-refractivity contribution in [3.8, 4) is 5.75 Å². The van der Waals surface area contributed by atoms with Crippen LogP contribution in [0.4, 0.5) is 0 Å². The second kappa shape index (κ2) is 4.35. The molecule has 4 aromatic rings. The van der Waals surface area contributed by atoms with Crippen LogP contribution in [-0.2, 0) is 0 Å². The summed E-state index contributed by atoms with van der Waals surface area (Å²) in [5.74, 6) is 0.982. The van der Waals surface area contributed by atoms with Crippen molar-refractivity contribution >= 4 is 38.4 Å². The lowest BCUT2D eigenvalue weighted by molar-refractivity contribution is 0.359. The van der Waals surface area contributed by atoms with E-state index in [9.17, 15) is 0 Å². The van der Waals surface area contributed by atoms with Crippen LogP contribution in [0.1, 0.15) is 5.56 Å². The zero-order valence-electron chi connectivity index (χ0n) is 12.0. The molecule has 4 aromatic carbocycles. The number of fused-ring (bicyclic) bond motifs is 8. The van der Waals surface area contributed by atoms with Gasteiger partial charge in [0.15, 0.2) is 0 Å². The first-order chi connectivity index (χ1) is 10.9. The smallest absolute Gasteiger partial charge is 0.127 e. The van der Waals surface area contributed by atoms with E-state index in [4.69, 9.17) is 4.74 Å². The van der Waals surface area contributed by atoms with Gasteiger partial charge in [0.25, 0.3) is 0 Å². The Hall–Kier alpha value is -2.80. The van der Waals surface area contributed by atoms with Crippen LogP contribution in [0.3, 0.4) is 0 Å². The molecule has 104 valence electrons. The summed E-state index contributed by atoms with van der Waals surface area (Å²) < 4.78 is 5.81. The highest BCUT2D eigenvalue weighted by molar-refractivity contribution is 6.27. The lowest BCUT2D eigenvalue weighted by atomic mass is 9.91. The Balaban J connectivity index is 2.16. The summed E-state index contributed by atoms with van der Waals surface area (Å²) in [7, 11) is 0. The van der Waals surface area contributed by atoms with Crippen LogP contribution in [0.15, 0.2) is 66.7 Å². The van der Waals surface area contributed by atoms with E-state index >= 15 is 0 Å². The summed E-state index contributed by atoms with van der Waals surface area (Å²) in [5.41, 5.74) is 1.20. The van der Waals surface area contributed by atoms with Crippen LogP contribution in [0.25, 0.3) is 38.4 Å². The fraction of sp³-hybridized carbons (Fsp3) is 0.0476. The molecule has 1 aliphatic heterocycles. The van der Waals surface area contributed by atoms with Crippen molar-refractivity contribution < 1.29 is 4.74 Å². The first kappa shape index (κ1) is 11.8. The van der Waals surface area contributed by atoms with E-state index in [1.54, 1.807) is 0 Å². The van der Waals surface area contributed by atoms with Crippen molar-refractivity contribution in [3.05, 3.63) is 72.3 Å². The van der Waals surface area contributed by atoms with E-state index in [2.05, 4.69) is 72.8 Å². The molecule has 0 atom stereocenters. The van der Waals surface area contributed by atoms with Gasteiger partial charge in [-0.2, -0.15) is 0 Å². The Morgan fingerprint density at radius 3 is 1.95 bits per heavy atom. The molecule has 0 N–H and O–H groups in total. The van der Waals surface area contributed by atoms with Gasteiger partial charge in [-0.1, -0.05) is 60.7 Å². The van der Waals surface area contributed by atoms with Crippen molar-refractivity contribution in [1.29, 1.82) is 0 Å². The van der Waals surface area contributed by atoms with E-state index in [1.807, 2.05) is 0 Å². The molecule has 1 heterocycles. The quantitative estimate of drug-likeness (QED) is 0.384. The van der Waals surface area contributed by atoms with E-state index < -0.39 is 0 Å². The number of ether oxygens (including phenoxy) is 1. The molecule has 1 aliphatic rings. The fourth-order valence-electron chi connectivity index (χ4n) is 3.60. The van der Waals surface area contributed by atoms with Crippen LogP contribution in [0, 0.1) is 0 Å². The summed E-state index contributed by atoms with van der Waals surface area (Å²) in [6, 6.07) is 21.6. The topological polar surface area (TPSA) is 9.23 Å². The summed E-state index contributed by atoms with van der Waals surface area (Å²) >= 11 is 0. The van der Waals surface area contributed by atoms with Gasteiger partial charge in [0.2, 0.25) is 0 Å². The molecule has 1 heteroatoms. The van der Waals surface area contributed by atoms with Crippen LogP contribution in [0.5, 0.6) is 5.75 Å². The second-order valence-corrected chi connectivity index (χ2v) is 5.70. The van der Waals surface area contributed by atoms with Crippen molar-refractivity contribution in [2.75, 3.05) is 6.61 Å². The largest absolute Gasteiger partial charge is 0.489 e. The number of benzene rings is 4. The number of hydrogen-bond donors (Lipinski definition) is 0. The van der Waals surface area contributed by atoms with Gasteiger partial charge in [0, 0.05) is 10.9 Å². The molecule has 0 spiro atoms. The van der Waals surface area contributed by atoms with Crippen LogP contribution >= 0.6 is 0 Å². The molecular weight excluding hydrogens is 268 g/mol. The highest BCUT2D eigenvalue weighted by atomic mass is 16.5. The number of rotatable bonds is 0. The minimum atomic E-state index is 0.657. The van der Waals surface area contributed by atoms with Crippen LogP contribution < -0.4 is 4.74 Å². The monoisotopic (exact) mass is 282 g/mol. The highest BCUT2D eigenvalue weighted by Gasteiger charge is 2.15. The molecule has 0 bridgehead atoms. The van der Waals surface area contributed by atoms with Crippen molar-refractivity contribution in [1.82, 2.24) is 0 Å². The molecule has 5 rings (SSSR count). The van der Waals surface area contributed by atoms with Crippen molar-refractivity contribution in [2.45, 2.75) is 0 Å². The highest BCUT2D eigenvalue weighted by Crippen LogP contribution is 2.40. The normalized spacial score (nSPS) is 13.5. The molecule has 0 fully saturated rings. The van der Waals surface area contributed by atoms with Gasteiger partial charge in [0.1, 0.15) is 12.4 Å². The Morgan fingerprint density at radius 2 is 1.23 bits per heavy atom. The van der Waals surface area contributed by atoms with E-state index in [-0.39, 0.29) is 0 Å². The van der Waals surface area contributed by atoms with Gasteiger partial charge < -0.3 is 4.74 Å². The molecule has 0 radical (unpaired) electrons. The Morgan fingerprint density at radius 1 is 0.636 bits per heavy atom. The van der Waals surface area contributed by atoms with Gasteiger partial charge in [-0.05, 0) is 39.1 Å². The molecule has 0 aliphatic carbocycles. The first-order valence-corrected chi connectivity index (χ1v) is 7.59. The summed E-state index contributed by atoms with van der Waals surface area (Å²) in [6.45, 7) is 0.657. The molecule has 0 saturated heterocycles. The molecule has 22 heavy (non-hydrogen) atoms. The predicted octanol–water partition coefficient (Wildman–Crippen LogP) is 5.55. The maximum absolute atomic E-state index is 5.81. The average Bonchev–Trinajstić information content (AvgIpc) is 2.61.